The highest BCUT2D eigenvalue weighted by Gasteiger charge is 2.17. The molecule has 0 radical (unpaired) electrons. The zero-order chi connectivity index (χ0) is 14.4. The Balaban J connectivity index is 2.72. The van der Waals surface area contributed by atoms with Crippen molar-refractivity contribution in [3.8, 4) is 0 Å². The number of hydrogen-bond donors (Lipinski definition) is 1. The Bertz CT molecular complexity index is 440. The normalized spacial score (nSPS) is 11.3. The number of carbonyl (C=O) groups is 1. The number of carbonyl (C=O) groups excluding carboxylic acids is 1. The smallest absolute Gasteiger partial charge is 0.251 e. The van der Waals surface area contributed by atoms with E-state index in [1.54, 1.807) is 0 Å². The number of ketones is 1. The number of Topliss-reactive ketones (excluding diaryl/α,β-unsaturated/α-hetero) is 1. The van der Waals surface area contributed by atoms with E-state index < -0.39 is 36.9 Å². The molecule has 0 aliphatic carbocycles. The number of aliphatic hydroxyl groups excluding tert-OH is 1. The summed E-state index contributed by atoms with van der Waals surface area (Å²) < 4.78 is 50.1. The van der Waals surface area contributed by atoms with Crippen molar-refractivity contribution in [2.75, 3.05) is 26.2 Å². The van der Waals surface area contributed by atoms with Gasteiger partial charge in [-0.3, -0.25) is 9.69 Å². The van der Waals surface area contributed by atoms with E-state index in [0.717, 1.165) is 23.1 Å². The third kappa shape index (κ3) is 4.96. The van der Waals surface area contributed by atoms with Crippen LogP contribution in [0.3, 0.4) is 0 Å². The molecule has 0 unspecified atom stereocenters. The molecule has 0 bridgehead atoms. The van der Waals surface area contributed by atoms with Gasteiger partial charge in [0.2, 0.25) is 0 Å². The first-order valence-corrected chi connectivity index (χ1v) is 5.53. The highest BCUT2D eigenvalue weighted by molar-refractivity contribution is 5.97. The summed E-state index contributed by atoms with van der Waals surface area (Å²) in [5.41, 5.74) is -0.101. The quantitative estimate of drug-likeness (QED) is 0.610. The topological polar surface area (TPSA) is 40.5 Å². The number of alkyl halides is 2. The van der Waals surface area contributed by atoms with Crippen LogP contribution in [0, 0.1) is 11.6 Å². The molecule has 1 aromatic carbocycles. The van der Waals surface area contributed by atoms with Gasteiger partial charge >= 0.3 is 0 Å². The van der Waals surface area contributed by atoms with Crippen LogP contribution in [0.4, 0.5) is 17.6 Å². The Hall–Kier alpha value is -1.47. The van der Waals surface area contributed by atoms with Crippen molar-refractivity contribution in [3.05, 3.63) is 35.4 Å². The second-order valence-corrected chi connectivity index (χ2v) is 3.90. The Kier molecular flexibility index (Phi) is 5.91. The Morgan fingerprint density at radius 2 is 1.95 bits per heavy atom. The number of benzene rings is 1. The zero-order valence-electron chi connectivity index (χ0n) is 9.95. The van der Waals surface area contributed by atoms with E-state index in [4.69, 9.17) is 5.11 Å². The van der Waals surface area contributed by atoms with Crippen molar-refractivity contribution < 1.29 is 27.5 Å². The van der Waals surface area contributed by atoms with Crippen LogP contribution < -0.4 is 0 Å². The van der Waals surface area contributed by atoms with E-state index in [2.05, 4.69) is 0 Å². The van der Waals surface area contributed by atoms with Gasteiger partial charge in [0.1, 0.15) is 0 Å². The fourth-order valence-electron chi connectivity index (χ4n) is 1.54. The number of aliphatic hydroxyl groups is 1. The van der Waals surface area contributed by atoms with Crippen molar-refractivity contribution in [1.29, 1.82) is 0 Å². The molecular formula is C12H13F4NO2. The van der Waals surface area contributed by atoms with Gasteiger partial charge in [-0.15, -0.1) is 0 Å². The first-order chi connectivity index (χ1) is 8.93. The maximum atomic E-state index is 12.9. The number of hydrogen-bond acceptors (Lipinski definition) is 3. The van der Waals surface area contributed by atoms with Crippen LogP contribution >= 0.6 is 0 Å². The monoisotopic (exact) mass is 279 g/mol. The summed E-state index contributed by atoms with van der Waals surface area (Å²) in [5.74, 6) is -2.88. The largest absolute Gasteiger partial charge is 0.395 e. The molecule has 0 atom stereocenters. The summed E-state index contributed by atoms with van der Waals surface area (Å²) in [6, 6.07) is 2.60. The average Bonchev–Trinajstić information content (AvgIpc) is 2.32. The lowest BCUT2D eigenvalue weighted by Gasteiger charge is -2.19. The molecule has 1 rings (SSSR count). The molecule has 3 nitrogen and oxygen atoms in total. The Morgan fingerprint density at radius 1 is 1.26 bits per heavy atom. The first-order valence-electron chi connectivity index (χ1n) is 5.53. The van der Waals surface area contributed by atoms with Crippen LogP contribution in [0.5, 0.6) is 0 Å². The maximum absolute atomic E-state index is 12.9. The molecule has 0 aliphatic heterocycles. The second-order valence-electron chi connectivity index (χ2n) is 3.90. The second kappa shape index (κ2) is 7.20. The Labute approximate surface area is 107 Å². The lowest BCUT2D eigenvalue weighted by atomic mass is 10.1. The van der Waals surface area contributed by atoms with Gasteiger partial charge < -0.3 is 5.11 Å². The molecule has 0 aliphatic rings. The molecule has 0 aromatic heterocycles. The SMILES string of the molecule is O=C(CN(CCO)CC(F)F)c1ccc(F)c(F)c1. The fraction of sp³-hybridized carbons (Fsp3) is 0.417. The number of halogens is 4. The minimum absolute atomic E-state index is 0.0975. The summed E-state index contributed by atoms with van der Waals surface area (Å²) in [6.07, 6.45) is -2.65. The van der Waals surface area contributed by atoms with E-state index >= 15 is 0 Å². The van der Waals surface area contributed by atoms with Crippen molar-refractivity contribution in [1.82, 2.24) is 4.90 Å². The van der Waals surface area contributed by atoms with Crippen LogP contribution in [-0.2, 0) is 0 Å². The van der Waals surface area contributed by atoms with Crippen LogP contribution in [-0.4, -0.2) is 48.5 Å². The van der Waals surface area contributed by atoms with Crippen molar-refractivity contribution in [2.24, 2.45) is 0 Å². The molecule has 1 aromatic rings. The lowest BCUT2D eigenvalue weighted by Crippen LogP contribution is -2.36. The van der Waals surface area contributed by atoms with Gasteiger partial charge in [0, 0.05) is 12.1 Å². The third-order valence-corrected chi connectivity index (χ3v) is 2.42. The minimum atomic E-state index is -2.65. The summed E-state index contributed by atoms with van der Waals surface area (Å²) in [5, 5.41) is 8.71. The predicted octanol–water partition coefficient (Wildman–Crippen LogP) is 1.71. The van der Waals surface area contributed by atoms with Crippen LogP contribution in [0.2, 0.25) is 0 Å². The molecular weight excluding hydrogens is 266 g/mol. The van der Waals surface area contributed by atoms with Gasteiger partial charge in [0.15, 0.2) is 17.4 Å². The van der Waals surface area contributed by atoms with Gasteiger partial charge in [-0.2, -0.15) is 0 Å². The molecule has 0 saturated carbocycles. The highest BCUT2D eigenvalue weighted by Crippen LogP contribution is 2.10. The van der Waals surface area contributed by atoms with Crippen LogP contribution in [0.15, 0.2) is 18.2 Å². The van der Waals surface area contributed by atoms with Gasteiger partial charge in [-0.05, 0) is 18.2 Å². The molecule has 7 heteroatoms. The predicted molar refractivity (Wildman–Crippen MR) is 60.2 cm³/mol. The van der Waals surface area contributed by atoms with Gasteiger partial charge in [-0.1, -0.05) is 0 Å². The van der Waals surface area contributed by atoms with E-state index in [-0.39, 0.29) is 18.7 Å². The molecule has 19 heavy (non-hydrogen) atoms. The third-order valence-electron chi connectivity index (χ3n) is 2.42. The van der Waals surface area contributed by atoms with Crippen molar-refractivity contribution in [2.45, 2.75) is 6.43 Å². The van der Waals surface area contributed by atoms with E-state index in [1.165, 1.54) is 0 Å². The van der Waals surface area contributed by atoms with Gasteiger partial charge in [-0.25, -0.2) is 17.6 Å². The molecule has 0 amide bonds. The lowest BCUT2D eigenvalue weighted by molar-refractivity contribution is 0.0688. The molecule has 0 fully saturated rings. The summed E-state index contributed by atoms with van der Waals surface area (Å²) in [7, 11) is 0. The van der Waals surface area contributed by atoms with Crippen LogP contribution in [0.1, 0.15) is 10.4 Å². The molecule has 0 heterocycles. The minimum Gasteiger partial charge on any atom is -0.395 e. The molecule has 106 valence electrons. The van der Waals surface area contributed by atoms with E-state index in [0.29, 0.717) is 0 Å². The van der Waals surface area contributed by atoms with Gasteiger partial charge in [0.05, 0.1) is 19.7 Å². The zero-order valence-corrected chi connectivity index (χ0v) is 9.95. The van der Waals surface area contributed by atoms with Crippen molar-refractivity contribution in [3.63, 3.8) is 0 Å². The van der Waals surface area contributed by atoms with Gasteiger partial charge in [0.25, 0.3) is 6.43 Å². The summed E-state index contributed by atoms with van der Waals surface area (Å²) >= 11 is 0. The van der Waals surface area contributed by atoms with E-state index in [1.807, 2.05) is 0 Å². The molecule has 0 spiro atoms. The molecule has 1 N–H and O–H groups in total. The van der Waals surface area contributed by atoms with E-state index in [9.17, 15) is 22.4 Å². The van der Waals surface area contributed by atoms with Crippen molar-refractivity contribution >= 4 is 5.78 Å². The molecule has 0 saturated heterocycles. The Morgan fingerprint density at radius 3 is 2.47 bits per heavy atom. The number of rotatable bonds is 7. The summed E-state index contributed by atoms with van der Waals surface area (Å²) in [4.78, 5) is 12.8. The summed E-state index contributed by atoms with van der Waals surface area (Å²) in [6.45, 7) is -1.54. The number of nitrogens with zero attached hydrogens (tertiary/aromatic N) is 1. The standard InChI is InChI=1S/C12H13F4NO2/c13-9-2-1-8(5-10(9)14)11(19)6-17(3-4-18)7-12(15)16/h1-2,5,12,18H,3-4,6-7H2. The van der Waals surface area contributed by atoms with Crippen LogP contribution in [0.25, 0.3) is 0 Å². The fourth-order valence-corrected chi connectivity index (χ4v) is 1.54. The first kappa shape index (κ1) is 15.6. The highest BCUT2D eigenvalue weighted by atomic mass is 19.3. The average molecular weight is 279 g/mol. The maximum Gasteiger partial charge on any atom is 0.251 e.